The summed E-state index contributed by atoms with van der Waals surface area (Å²) in [5, 5.41) is 13.6. The van der Waals surface area contributed by atoms with E-state index in [0.29, 0.717) is 54.4 Å². The number of fused-ring (bicyclic) bond motifs is 1. The topological polar surface area (TPSA) is 86.5 Å². The van der Waals surface area contributed by atoms with E-state index in [4.69, 9.17) is 21.6 Å². The molecule has 176 valence electrons. The van der Waals surface area contributed by atoms with Crippen molar-refractivity contribution in [2.75, 3.05) is 43.4 Å². The summed E-state index contributed by atoms with van der Waals surface area (Å²) in [7, 11) is 0. The number of hydrogen-bond acceptors (Lipinski definition) is 7. The molecule has 0 bridgehead atoms. The van der Waals surface area contributed by atoms with Crippen LogP contribution in [0.1, 0.15) is 20.3 Å². The molecule has 0 amide bonds. The lowest BCUT2D eigenvalue weighted by molar-refractivity contribution is 0.225. The normalized spacial score (nSPS) is 29.0. The maximum atomic E-state index is 14.3. The molecule has 0 spiro atoms. The molecule has 4 rings (SSSR count). The first-order valence-corrected chi connectivity index (χ1v) is 13.6. The number of guanidine groups is 1. The molecule has 0 saturated carbocycles. The number of aliphatic imine (C=N–C) groups is 2. The maximum Gasteiger partial charge on any atom is 0.253 e. The van der Waals surface area contributed by atoms with Crippen molar-refractivity contribution in [2.45, 2.75) is 35.1 Å². The highest BCUT2D eigenvalue weighted by atomic mass is 127. The third kappa shape index (κ3) is 4.57. The number of nitrogens with one attached hydrogen (secondary N) is 1. The summed E-state index contributed by atoms with van der Waals surface area (Å²) in [5.41, 5.74) is 0.547. The molecule has 4 atom stereocenters. The summed E-state index contributed by atoms with van der Waals surface area (Å²) >= 11 is 7.03. The standard InChI is InChI=1S/C21H28ClFIN5O2S/c1-13(2)16(12-30)25-19-21(24)18(5-10-32(21)31)26-20(27-19)29-8-6-28(7-9-29)17-4-3-14(22)11-15(17)23/h3-4,11,13,16,18,30H,5-10,12H2,1-2H3,(H,25,26,27). The lowest BCUT2D eigenvalue weighted by Gasteiger charge is -2.40. The average molecular weight is 596 g/mol. The first kappa shape index (κ1) is 24.3. The van der Waals surface area contributed by atoms with Gasteiger partial charge in [0.25, 0.3) is 2.75 Å². The van der Waals surface area contributed by atoms with Crippen LogP contribution in [0.4, 0.5) is 10.1 Å². The van der Waals surface area contributed by atoms with Crippen LogP contribution in [-0.4, -0.2) is 79.7 Å². The van der Waals surface area contributed by atoms with Gasteiger partial charge >= 0.3 is 0 Å². The molecule has 4 unspecified atom stereocenters. The molecule has 1 aromatic carbocycles. The molecule has 7 nitrogen and oxygen atoms in total. The second-order valence-corrected chi connectivity index (χ2v) is 13.2. The highest BCUT2D eigenvalue weighted by Crippen LogP contribution is 2.43. The number of anilines is 1. The molecule has 11 heteroatoms. The molecule has 2 fully saturated rings. The summed E-state index contributed by atoms with van der Waals surface area (Å²) in [4.78, 5) is 13.8. The summed E-state index contributed by atoms with van der Waals surface area (Å²) < 4.78 is 26.5. The van der Waals surface area contributed by atoms with Gasteiger partial charge in [-0.25, -0.2) is 9.38 Å². The number of halogens is 3. The van der Waals surface area contributed by atoms with Crippen molar-refractivity contribution in [3.63, 3.8) is 0 Å². The van der Waals surface area contributed by atoms with Crippen molar-refractivity contribution < 1.29 is 14.0 Å². The zero-order valence-corrected chi connectivity index (χ0v) is 21.8. The summed E-state index contributed by atoms with van der Waals surface area (Å²) in [6.07, 6.45) is 0.737. The second kappa shape index (κ2) is 9.81. The summed E-state index contributed by atoms with van der Waals surface area (Å²) in [6.45, 7) is 6.60. The van der Waals surface area contributed by atoms with E-state index in [9.17, 15) is 14.0 Å². The number of aliphatic hydroxyl groups is 1. The van der Waals surface area contributed by atoms with Gasteiger partial charge in [0.2, 0.25) is 5.96 Å². The molecule has 3 aliphatic heterocycles. The zero-order valence-electron chi connectivity index (χ0n) is 18.1. The first-order valence-electron chi connectivity index (χ1n) is 10.8. The van der Waals surface area contributed by atoms with Gasteiger partial charge in [0, 0.05) is 37.6 Å². The van der Waals surface area contributed by atoms with Gasteiger partial charge in [0.05, 0.1) is 18.3 Å². The van der Waals surface area contributed by atoms with Crippen LogP contribution in [0.5, 0.6) is 0 Å². The summed E-state index contributed by atoms with van der Waals surface area (Å²) in [6, 6.07) is 4.44. The molecular weight excluding hydrogens is 568 g/mol. The highest BCUT2D eigenvalue weighted by Gasteiger charge is 2.59. The van der Waals surface area contributed by atoms with Gasteiger partial charge in [-0.15, -0.1) is 0 Å². The molecule has 32 heavy (non-hydrogen) atoms. The van der Waals surface area contributed by atoms with E-state index in [1.807, 2.05) is 18.7 Å². The predicted molar refractivity (Wildman–Crippen MR) is 137 cm³/mol. The molecule has 3 aliphatic rings. The van der Waals surface area contributed by atoms with Gasteiger partial charge in [-0.05, 0) is 57.9 Å². The molecule has 0 aromatic heterocycles. The molecule has 0 radical (unpaired) electrons. The fourth-order valence-electron chi connectivity index (χ4n) is 4.23. The van der Waals surface area contributed by atoms with Crippen molar-refractivity contribution in [3.8, 4) is 0 Å². The van der Waals surface area contributed by atoms with Crippen molar-refractivity contribution in [2.24, 2.45) is 15.9 Å². The number of hydrogen-bond donors (Lipinski definition) is 2. The SMILES string of the molecule is CC(C)C(CO)NC1=NC(N2CCN(c3ccc(Cl)cc3F)CC2)=NC2CC[S+]([O-])C12I. The quantitative estimate of drug-likeness (QED) is 0.318. The number of rotatable bonds is 4. The third-order valence-corrected chi connectivity index (χ3v) is 11.0. The Bertz CT molecular complexity index is 914. The summed E-state index contributed by atoms with van der Waals surface area (Å²) in [5.74, 6) is 1.72. The van der Waals surface area contributed by atoms with Crippen molar-refractivity contribution >= 4 is 62.9 Å². The van der Waals surface area contributed by atoms with Crippen LogP contribution in [-0.2, 0) is 11.2 Å². The van der Waals surface area contributed by atoms with E-state index in [-0.39, 0.29) is 30.4 Å². The number of benzene rings is 1. The smallest absolute Gasteiger partial charge is 0.253 e. The lowest BCUT2D eigenvalue weighted by atomic mass is 10.0. The Kier molecular flexibility index (Phi) is 7.45. The number of aliphatic hydroxyl groups excluding tert-OH is 1. The number of alkyl halides is 1. The molecular formula is C21H28ClFIN5O2S. The van der Waals surface area contributed by atoms with Crippen molar-refractivity contribution in [1.82, 2.24) is 10.2 Å². The molecule has 3 heterocycles. The first-order chi connectivity index (χ1) is 15.2. The van der Waals surface area contributed by atoms with E-state index in [0.717, 1.165) is 6.42 Å². The van der Waals surface area contributed by atoms with E-state index in [1.54, 1.807) is 12.1 Å². The lowest BCUT2D eigenvalue weighted by Crippen LogP contribution is -2.59. The Hall–Kier alpha value is -0.820. The third-order valence-electron chi connectivity index (χ3n) is 6.28. The molecule has 0 aliphatic carbocycles. The molecule has 2 saturated heterocycles. The highest BCUT2D eigenvalue weighted by molar-refractivity contribution is 14.1. The van der Waals surface area contributed by atoms with Crippen LogP contribution in [0.3, 0.4) is 0 Å². The minimum Gasteiger partial charge on any atom is -0.615 e. The van der Waals surface area contributed by atoms with Crippen LogP contribution >= 0.6 is 34.2 Å². The van der Waals surface area contributed by atoms with E-state index < -0.39 is 13.9 Å². The van der Waals surface area contributed by atoms with Gasteiger partial charge in [0.15, 0.2) is 5.84 Å². The van der Waals surface area contributed by atoms with Gasteiger partial charge in [-0.2, -0.15) is 4.99 Å². The van der Waals surface area contributed by atoms with Crippen LogP contribution < -0.4 is 10.2 Å². The Labute approximate surface area is 209 Å². The monoisotopic (exact) mass is 595 g/mol. The number of piperazine rings is 1. The Balaban J connectivity index is 1.53. The van der Waals surface area contributed by atoms with Crippen LogP contribution in [0, 0.1) is 11.7 Å². The van der Waals surface area contributed by atoms with E-state index in [1.165, 1.54) is 6.07 Å². The largest absolute Gasteiger partial charge is 0.615 e. The van der Waals surface area contributed by atoms with Crippen molar-refractivity contribution in [1.29, 1.82) is 0 Å². The van der Waals surface area contributed by atoms with Gasteiger partial charge < -0.3 is 24.8 Å². The van der Waals surface area contributed by atoms with E-state index in [2.05, 4.69) is 32.8 Å². The Morgan fingerprint density at radius 1 is 1.34 bits per heavy atom. The fourth-order valence-corrected chi connectivity index (χ4v) is 7.30. The average Bonchev–Trinajstić information content (AvgIpc) is 3.06. The molecule has 2 N–H and O–H groups in total. The van der Waals surface area contributed by atoms with Crippen LogP contribution in [0.2, 0.25) is 5.02 Å². The molecule has 1 aromatic rings. The van der Waals surface area contributed by atoms with Gasteiger partial charge in [0.1, 0.15) is 17.6 Å². The van der Waals surface area contributed by atoms with Crippen LogP contribution in [0.25, 0.3) is 0 Å². The minimum atomic E-state index is -1.10. The van der Waals surface area contributed by atoms with Crippen molar-refractivity contribution in [3.05, 3.63) is 29.0 Å². The number of nitrogens with zero attached hydrogens (tertiary/aromatic N) is 4. The second-order valence-electron chi connectivity index (χ2n) is 8.64. The zero-order chi connectivity index (χ0) is 23.0. The maximum absolute atomic E-state index is 14.3. The van der Waals surface area contributed by atoms with Gasteiger partial charge in [-0.1, -0.05) is 25.4 Å². The van der Waals surface area contributed by atoms with Gasteiger partial charge in [-0.3, -0.25) is 0 Å². The van der Waals surface area contributed by atoms with E-state index >= 15 is 0 Å². The Morgan fingerprint density at radius 3 is 2.66 bits per heavy atom. The number of amidine groups is 1. The predicted octanol–water partition coefficient (Wildman–Crippen LogP) is 2.63. The fraction of sp³-hybridized carbons (Fsp3) is 0.619. The van der Waals surface area contributed by atoms with Crippen LogP contribution in [0.15, 0.2) is 28.2 Å². The Morgan fingerprint density at radius 2 is 2.03 bits per heavy atom. The minimum absolute atomic E-state index is 0.0293.